The zero-order chi connectivity index (χ0) is 24.3. The van der Waals surface area contributed by atoms with Crippen LogP contribution >= 0.6 is 0 Å². The summed E-state index contributed by atoms with van der Waals surface area (Å²) in [5, 5.41) is 2.45. The standard InChI is InChI=1S/C30H36N2O3/c1-30-10-8-19-14-23-25(33)12-18(17-32(2)3)13-26(23)35-29(19)24(30)15-27(34-4)28(30)22-7-5-6-20-16-31-11-9-21(20)22/h5-7,9,11,14,16,18,24,27-29H,8,10,12-13,15,17H2,1-4H3/t18?,24-,27+,28-,29+,30-/m0/s1. The number of Topliss-reactive ketones (excluding diaryl/α,β-unsaturated/α-hetero) is 1. The number of pyridine rings is 1. The zero-order valence-electron chi connectivity index (χ0n) is 21.3. The Morgan fingerprint density at radius 1 is 1.23 bits per heavy atom. The molecule has 2 heterocycles. The van der Waals surface area contributed by atoms with E-state index >= 15 is 0 Å². The molecule has 0 bridgehead atoms. The number of hydrogen-bond donors (Lipinski definition) is 0. The molecule has 0 radical (unpaired) electrons. The van der Waals surface area contributed by atoms with Crippen LogP contribution in [0.2, 0.25) is 0 Å². The molecule has 2 saturated carbocycles. The summed E-state index contributed by atoms with van der Waals surface area (Å²) in [5.74, 6) is 2.15. The number of benzene rings is 1. The van der Waals surface area contributed by atoms with Crippen molar-refractivity contribution in [1.29, 1.82) is 0 Å². The summed E-state index contributed by atoms with van der Waals surface area (Å²) >= 11 is 0. The van der Waals surface area contributed by atoms with Gasteiger partial charge in [-0.05, 0) is 73.4 Å². The highest BCUT2D eigenvalue weighted by Crippen LogP contribution is 2.63. The maximum absolute atomic E-state index is 13.0. The number of rotatable bonds is 4. The van der Waals surface area contributed by atoms with Gasteiger partial charge in [0.15, 0.2) is 5.78 Å². The highest BCUT2D eigenvalue weighted by atomic mass is 16.5. The lowest BCUT2D eigenvalue weighted by Crippen LogP contribution is -2.44. The molecule has 0 amide bonds. The number of carbonyl (C=O) groups excluding carboxylic acids is 1. The molecule has 0 N–H and O–H groups in total. The molecule has 2 aromatic rings. The number of allylic oxidation sites excluding steroid dienone is 3. The molecule has 2 fully saturated rings. The molecule has 1 aromatic heterocycles. The van der Waals surface area contributed by atoms with Gasteiger partial charge in [-0.1, -0.05) is 25.1 Å². The quantitative estimate of drug-likeness (QED) is 0.607. The first-order chi connectivity index (χ1) is 16.9. The number of fused-ring (bicyclic) bond motifs is 4. The van der Waals surface area contributed by atoms with Crippen molar-refractivity contribution in [3.8, 4) is 0 Å². The minimum absolute atomic E-state index is 0.0395. The first-order valence-corrected chi connectivity index (χ1v) is 13.0. The molecule has 6 rings (SSSR count). The van der Waals surface area contributed by atoms with Gasteiger partial charge in [0.1, 0.15) is 11.9 Å². The van der Waals surface area contributed by atoms with Gasteiger partial charge in [0.2, 0.25) is 0 Å². The van der Waals surface area contributed by atoms with Crippen LogP contribution in [0.3, 0.4) is 0 Å². The Labute approximate surface area is 208 Å². The lowest BCUT2D eigenvalue weighted by Gasteiger charge is -2.48. The average Bonchev–Trinajstić information content (AvgIpc) is 3.15. The molecular formula is C30H36N2O3. The van der Waals surface area contributed by atoms with Crippen LogP contribution in [0.1, 0.15) is 50.5 Å². The third-order valence-corrected chi connectivity index (χ3v) is 9.22. The second kappa shape index (κ2) is 8.56. The van der Waals surface area contributed by atoms with Crippen LogP contribution in [0.25, 0.3) is 10.8 Å². The monoisotopic (exact) mass is 472 g/mol. The molecule has 184 valence electrons. The predicted octanol–water partition coefficient (Wildman–Crippen LogP) is 5.27. The van der Waals surface area contributed by atoms with Gasteiger partial charge in [0.25, 0.3) is 0 Å². The van der Waals surface area contributed by atoms with Crippen LogP contribution in [0.4, 0.5) is 0 Å². The Kier molecular flexibility index (Phi) is 5.61. The second-order valence-corrected chi connectivity index (χ2v) is 11.6. The van der Waals surface area contributed by atoms with Crippen molar-refractivity contribution in [3.63, 3.8) is 0 Å². The fraction of sp³-hybridized carbons (Fsp3) is 0.533. The average molecular weight is 473 g/mol. The molecule has 1 aliphatic heterocycles. The molecule has 3 aliphatic carbocycles. The van der Waals surface area contributed by atoms with Crippen LogP contribution in [0, 0.1) is 17.3 Å². The minimum atomic E-state index is 0.0395. The third-order valence-electron chi connectivity index (χ3n) is 9.22. The van der Waals surface area contributed by atoms with E-state index in [0.717, 1.165) is 43.6 Å². The Morgan fingerprint density at radius 3 is 2.89 bits per heavy atom. The van der Waals surface area contributed by atoms with E-state index in [4.69, 9.17) is 9.47 Å². The van der Waals surface area contributed by atoms with E-state index in [-0.39, 0.29) is 23.4 Å². The Morgan fingerprint density at radius 2 is 2.09 bits per heavy atom. The number of hydrogen-bond acceptors (Lipinski definition) is 5. The van der Waals surface area contributed by atoms with Crippen molar-refractivity contribution in [2.24, 2.45) is 17.3 Å². The van der Waals surface area contributed by atoms with Crippen molar-refractivity contribution in [2.45, 2.75) is 57.2 Å². The van der Waals surface area contributed by atoms with E-state index in [1.54, 1.807) is 0 Å². The van der Waals surface area contributed by atoms with Gasteiger partial charge < -0.3 is 14.4 Å². The summed E-state index contributed by atoms with van der Waals surface area (Å²) in [5.41, 5.74) is 3.57. The van der Waals surface area contributed by atoms with Gasteiger partial charge in [0, 0.05) is 56.1 Å². The van der Waals surface area contributed by atoms with Crippen molar-refractivity contribution in [1.82, 2.24) is 9.88 Å². The van der Waals surface area contributed by atoms with Crippen molar-refractivity contribution < 1.29 is 14.3 Å². The summed E-state index contributed by atoms with van der Waals surface area (Å²) in [6, 6.07) is 8.73. The van der Waals surface area contributed by atoms with Crippen molar-refractivity contribution in [3.05, 3.63) is 65.2 Å². The normalized spacial score (nSPS) is 34.4. The Hall–Kier alpha value is -2.50. The SMILES string of the molecule is CO[C@@H]1C[C@H]2[C@@H]3OC4=C(C=C3CC[C@]2(C)[C@H]1c1cccc2cnccc12)C(=O)CC(CN(C)C)C4. The smallest absolute Gasteiger partial charge is 0.166 e. The first-order valence-electron chi connectivity index (χ1n) is 13.0. The summed E-state index contributed by atoms with van der Waals surface area (Å²) in [4.78, 5) is 19.5. The van der Waals surface area contributed by atoms with E-state index in [1.165, 1.54) is 21.9 Å². The van der Waals surface area contributed by atoms with E-state index in [0.29, 0.717) is 24.2 Å². The van der Waals surface area contributed by atoms with Crippen molar-refractivity contribution in [2.75, 3.05) is 27.7 Å². The molecule has 1 unspecified atom stereocenters. The van der Waals surface area contributed by atoms with Gasteiger partial charge in [-0.3, -0.25) is 9.78 Å². The molecule has 1 aromatic carbocycles. The number of carbonyl (C=O) groups is 1. The Balaban J connectivity index is 1.36. The zero-order valence-corrected chi connectivity index (χ0v) is 21.3. The van der Waals surface area contributed by atoms with E-state index in [1.807, 2.05) is 19.5 Å². The van der Waals surface area contributed by atoms with Crippen LogP contribution in [-0.2, 0) is 14.3 Å². The summed E-state index contributed by atoms with van der Waals surface area (Å²) in [6.45, 7) is 3.37. The van der Waals surface area contributed by atoms with Gasteiger partial charge >= 0.3 is 0 Å². The van der Waals surface area contributed by atoms with E-state index in [2.05, 4.69) is 61.2 Å². The predicted molar refractivity (Wildman–Crippen MR) is 137 cm³/mol. The molecule has 35 heavy (non-hydrogen) atoms. The van der Waals surface area contributed by atoms with Crippen molar-refractivity contribution >= 4 is 16.6 Å². The molecule has 5 heteroatoms. The number of methoxy groups -OCH3 is 1. The topological polar surface area (TPSA) is 51.7 Å². The Bertz CT molecular complexity index is 1230. The number of nitrogens with zero attached hydrogens (tertiary/aromatic N) is 2. The maximum atomic E-state index is 13.0. The first kappa shape index (κ1) is 22.9. The molecular weight excluding hydrogens is 436 g/mol. The lowest BCUT2D eigenvalue weighted by molar-refractivity contribution is -0.117. The minimum Gasteiger partial charge on any atom is -0.489 e. The number of ketones is 1. The summed E-state index contributed by atoms with van der Waals surface area (Å²) in [7, 11) is 6.01. The van der Waals surface area contributed by atoms with E-state index in [9.17, 15) is 4.79 Å². The molecule has 4 aliphatic rings. The maximum Gasteiger partial charge on any atom is 0.166 e. The van der Waals surface area contributed by atoms with Gasteiger partial charge in [-0.15, -0.1) is 0 Å². The van der Waals surface area contributed by atoms with Crippen LogP contribution < -0.4 is 0 Å². The molecule has 6 atom stereocenters. The largest absolute Gasteiger partial charge is 0.489 e. The van der Waals surface area contributed by atoms with Crippen LogP contribution in [0.15, 0.2) is 59.6 Å². The summed E-state index contributed by atoms with van der Waals surface area (Å²) < 4.78 is 13.0. The molecule has 0 spiro atoms. The third kappa shape index (κ3) is 3.66. The van der Waals surface area contributed by atoms with Gasteiger partial charge in [-0.25, -0.2) is 0 Å². The number of ether oxygens (including phenoxy) is 2. The lowest BCUT2D eigenvalue weighted by atomic mass is 9.60. The molecule has 0 saturated heterocycles. The highest BCUT2D eigenvalue weighted by molar-refractivity contribution is 6.00. The van der Waals surface area contributed by atoms with Gasteiger partial charge in [0.05, 0.1) is 11.7 Å². The number of aromatic nitrogens is 1. The van der Waals surface area contributed by atoms with E-state index < -0.39 is 0 Å². The second-order valence-electron chi connectivity index (χ2n) is 11.6. The fourth-order valence-corrected chi connectivity index (χ4v) is 7.68. The van der Waals surface area contributed by atoms with Gasteiger partial charge in [-0.2, -0.15) is 0 Å². The molecule has 5 nitrogen and oxygen atoms in total. The van der Waals surface area contributed by atoms with Crippen LogP contribution in [0.5, 0.6) is 0 Å². The van der Waals surface area contributed by atoms with Crippen LogP contribution in [-0.4, -0.2) is 55.6 Å². The highest BCUT2D eigenvalue weighted by Gasteiger charge is 2.59. The fourth-order valence-electron chi connectivity index (χ4n) is 7.68. The summed E-state index contributed by atoms with van der Waals surface area (Å²) in [6.07, 6.45) is 10.7.